The molecule has 0 heterocycles. The summed E-state index contributed by atoms with van der Waals surface area (Å²) in [4.78, 5) is 23.5. The maximum atomic E-state index is 12.5. The number of aliphatic hydroxyl groups is 1. The van der Waals surface area contributed by atoms with Crippen LogP contribution in [-0.4, -0.2) is 52.7 Å². The molecule has 0 saturated carbocycles. The number of ether oxygens (including phenoxy) is 2. The molecule has 0 radical (unpaired) electrons. The van der Waals surface area contributed by atoms with E-state index in [2.05, 4.69) is 0 Å². The highest BCUT2D eigenvalue weighted by Crippen LogP contribution is 2.36. The number of hydrogen-bond donors (Lipinski definition) is 2. The average Bonchev–Trinajstić information content (AvgIpc) is 2.68. The molecule has 0 aromatic heterocycles. The van der Waals surface area contributed by atoms with Crippen molar-refractivity contribution in [2.45, 2.75) is 23.6 Å². The van der Waals surface area contributed by atoms with Crippen molar-refractivity contribution in [3.63, 3.8) is 0 Å². The monoisotopic (exact) mass is 422 g/mol. The van der Waals surface area contributed by atoms with Gasteiger partial charge in [0, 0.05) is 13.2 Å². The molecule has 2 aromatic rings. The summed E-state index contributed by atoms with van der Waals surface area (Å²) in [5.74, 6) is -0.729. The molecule has 2 rings (SSSR count). The first kappa shape index (κ1) is 22.6. The number of aromatic hydroxyl groups is 1. The van der Waals surface area contributed by atoms with E-state index in [4.69, 9.17) is 9.47 Å². The molecule has 29 heavy (non-hydrogen) atoms. The number of carbonyl (C=O) groups excluding carboxylic acids is 1. The summed E-state index contributed by atoms with van der Waals surface area (Å²) in [6, 6.07) is 9.24. The summed E-state index contributed by atoms with van der Waals surface area (Å²) in [6.07, 6.45) is -1.34. The first-order valence-electron chi connectivity index (χ1n) is 8.51. The van der Waals surface area contributed by atoms with E-state index in [-0.39, 0.29) is 18.0 Å². The largest absolute Gasteiger partial charge is 0.508 e. The second-order valence-corrected chi connectivity index (χ2v) is 7.29. The Morgan fingerprint density at radius 3 is 2.59 bits per heavy atom. The number of aliphatic hydroxyl groups excluding tert-OH is 1. The Hall–Kier alpha value is -2.66. The molecule has 0 fully saturated rings. The van der Waals surface area contributed by atoms with E-state index in [1.54, 1.807) is 18.2 Å². The highest BCUT2D eigenvalue weighted by molar-refractivity contribution is 7.97. The van der Waals surface area contributed by atoms with Crippen LogP contribution in [0.25, 0.3) is 0 Å². The van der Waals surface area contributed by atoms with Crippen LogP contribution in [0.1, 0.15) is 17.2 Å². The Morgan fingerprint density at radius 1 is 1.28 bits per heavy atom. The highest BCUT2D eigenvalue weighted by atomic mass is 32.2. The van der Waals surface area contributed by atoms with Gasteiger partial charge in [-0.1, -0.05) is 18.2 Å². The molecule has 10 heteroatoms. The number of para-hydroxylation sites is 1. The minimum atomic E-state index is -1.34. The van der Waals surface area contributed by atoms with Crippen LogP contribution in [0.3, 0.4) is 0 Å². The van der Waals surface area contributed by atoms with E-state index in [0.29, 0.717) is 16.0 Å². The molecule has 0 aliphatic carbocycles. The van der Waals surface area contributed by atoms with Crippen molar-refractivity contribution in [3.8, 4) is 5.75 Å². The molecule has 9 nitrogen and oxygen atoms in total. The SMILES string of the molecule is COCc1cc(O)ccc1C(O)[C@@H](C(=O)OC)N(C)Sc1ccccc1[N+](=O)[O-]. The van der Waals surface area contributed by atoms with Gasteiger partial charge in [0.05, 0.1) is 18.6 Å². The summed E-state index contributed by atoms with van der Waals surface area (Å²) >= 11 is 0.946. The van der Waals surface area contributed by atoms with Crippen molar-refractivity contribution in [2.24, 2.45) is 0 Å². The van der Waals surface area contributed by atoms with E-state index in [1.807, 2.05) is 0 Å². The molecule has 2 aromatic carbocycles. The van der Waals surface area contributed by atoms with Gasteiger partial charge < -0.3 is 19.7 Å². The molecule has 0 aliphatic rings. The van der Waals surface area contributed by atoms with E-state index in [0.717, 1.165) is 11.9 Å². The lowest BCUT2D eigenvalue weighted by Gasteiger charge is -2.29. The Balaban J connectivity index is 2.39. The van der Waals surface area contributed by atoms with Gasteiger partial charge in [0.1, 0.15) is 22.8 Å². The summed E-state index contributed by atoms with van der Waals surface area (Å²) in [7, 11) is 4.19. The fourth-order valence-electron chi connectivity index (χ4n) is 2.83. The van der Waals surface area contributed by atoms with Gasteiger partial charge in [-0.3, -0.25) is 14.9 Å². The summed E-state index contributed by atoms with van der Waals surface area (Å²) < 4.78 is 11.4. The van der Waals surface area contributed by atoms with Crippen LogP contribution < -0.4 is 0 Å². The number of likely N-dealkylation sites (N-methyl/N-ethyl adjacent to an activating group) is 1. The Kier molecular flexibility index (Phi) is 7.97. The van der Waals surface area contributed by atoms with Gasteiger partial charge in [-0.2, -0.15) is 0 Å². The number of phenolic OH excluding ortho intramolecular Hbond substituents is 1. The number of carbonyl (C=O) groups is 1. The molecule has 0 bridgehead atoms. The van der Waals surface area contributed by atoms with E-state index >= 15 is 0 Å². The maximum Gasteiger partial charge on any atom is 0.327 e. The number of nitro benzene ring substituents is 1. The zero-order valence-electron chi connectivity index (χ0n) is 16.1. The lowest BCUT2D eigenvalue weighted by molar-refractivity contribution is -0.387. The van der Waals surface area contributed by atoms with Crippen LogP contribution in [0.15, 0.2) is 47.4 Å². The summed E-state index contributed by atoms with van der Waals surface area (Å²) in [5.41, 5.74) is 0.750. The minimum Gasteiger partial charge on any atom is -0.508 e. The lowest BCUT2D eigenvalue weighted by atomic mass is 9.97. The summed E-state index contributed by atoms with van der Waals surface area (Å²) in [5, 5.41) is 32.0. The van der Waals surface area contributed by atoms with Gasteiger partial charge in [-0.15, -0.1) is 0 Å². The smallest absolute Gasteiger partial charge is 0.327 e. The number of nitro groups is 1. The zero-order valence-corrected chi connectivity index (χ0v) is 17.0. The number of rotatable bonds is 9. The Morgan fingerprint density at radius 2 is 1.97 bits per heavy atom. The number of methoxy groups -OCH3 is 2. The Labute approximate surface area is 172 Å². The summed E-state index contributed by atoms with van der Waals surface area (Å²) in [6.45, 7) is 0.107. The second kappa shape index (κ2) is 10.2. The molecule has 1 unspecified atom stereocenters. The first-order chi connectivity index (χ1) is 13.8. The topological polar surface area (TPSA) is 122 Å². The van der Waals surface area contributed by atoms with Crippen LogP contribution in [0, 0.1) is 10.1 Å². The predicted octanol–water partition coefficient (Wildman–Crippen LogP) is 2.66. The van der Waals surface area contributed by atoms with E-state index < -0.39 is 23.0 Å². The third-order valence-electron chi connectivity index (χ3n) is 4.18. The van der Waals surface area contributed by atoms with Crippen LogP contribution in [0.5, 0.6) is 5.75 Å². The van der Waals surface area contributed by atoms with E-state index in [9.17, 15) is 25.1 Å². The highest BCUT2D eigenvalue weighted by Gasteiger charge is 2.35. The molecule has 0 saturated heterocycles. The number of hydrogen-bond acceptors (Lipinski definition) is 9. The van der Waals surface area contributed by atoms with Gasteiger partial charge in [0.25, 0.3) is 5.69 Å². The van der Waals surface area contributed by atoms with Crippen LogP contribution in [0.2, 0.25) is 0 Å². The van der Waals surface area contributed by atoms with Gasteiger partial charge in [-0.05, 0) is 48.3 Å². The second-order valence-electron chi connectivity index (χ2n) is 6.09. The molecule has 0 amide bonds. The molecule has 156 valence electrons. The predicted molar refractivity (Wildman–Crippen MR) is 106 cm³/mol. The molecular formula is C19H22N2O7S. The maximum absolute atomic E-state index is 12.5. The van der Waals surface area contributed by atoms with Gasteiger partial charge in [-0.25, -0.2) is 4.31 Å². The van der Waals surface area contributed by atoms with Gasteiger partial charge >= 0.3 is 5.97 Å². The van der Waals surface area contributed by atoms with Crippen molar-refractivity contribution in [1.82, 2.24) is 4.31 Å². The molecule has 2 atom stereocenters. The van der Waals surface area contributed by atoms with Crippen LogP contribution in [-0.2, 0) is 20.9 Å². The van der Waals surface area contributed by atoms with E-state index in [1.165, 1.54) is 49.8 Å². The van der Waals surface area contributed by atoms with Gasteiger partial charge in [0.15, 0.2) is 0 Å². The average molecular weight is 422 g/mol. The quantitative estimate of drug-likeness (QED) is 0.272. The van der Waals surface area contributed by atoms with Crippen molar-refractivity contribution >= 4 is 23.6 Å². The minimum absolute atomic E-state index is 0.00902. The molecule has 2 N–H and O–H groups in total. The van der Waals surface area contributed by atoms with Gasteiger partial charge in [0.2, 0.25) is 0 Å². The molecule has 0 spiro atoms. The number of phenols is 1. The normalized spacial score (nSPS) is 13.1. The van der Waals surface area contributed by atoms with Crippen molar-refractivity contribution < 1.29 is 29.4 Å². The van der Waals surface area contributed by atoms with Crippen LogP contribution in [0.4, 0.5) is 5.69 Å². The third kappa shape index (κ3) is 5.45. The van der Waals surface area contributed by atoms with Crippen molar-refractivity contribution in [3.05, 3.63) is 63.7 Å². The third-order valence-corrected chi connectivity index (χ3v) is 5.24. The van der Waals surface area contributed by atoms with Crippen molar-refractivity contribution in [2.75, 3.05) is 21.3 Å². The Bertz CT molecular complexity index is 877. The van der Waals surface area contributed by atoms with Crippen LogP contribution >= 0.6 is 11.9 Å². The fraction of sp³-hybridized carbons (Fsp3) is 0.316. The zero-order chi connectivity index (χ0) is 21.6. The fourth-order valence-corrected chi connectivity index (χ4v) is 3.83. The number of esters is 1. The number of benzene rings is 2. The molecule has 0 aliphatic heterocycles. The molecular weight excluding hydrogens is 400 g/mol. The van der Waals surface area contributed by atoms with Crippen molar-refractivity contribution in [1.29, 1.82) is 0 Å². The lowest BCUT2D eigenvalue weighted by Crippen LogP contribution is -2.40. The number of nitrogens with zero attached hydrogens (tertiary/aromatic N) is 2. The standard InChI is InChI=1S/C19H22N2O7S/c1-20(29-16-7-5-4-6-15(16)21(25)26)17(19(24)28-3)18(23)14-9-8-13(22)10-12(14)11-27-2/h4-10,17-18,22-23H,11H2,1-3H3/t17-,18?/m0/s1. The first-order valence-corrected chi connectivity index (χ1v) is 9.28.